The summed E-state index contributed by atoms with van der Waals surface area (Å²) < 4.78 is 5.62. The van der Waals surface area contributed by atoms with E-state index in [2.05, 4.69) is 20.3 Å². The van der Waals surface area contributed by atoms with E-state index in [9.17, 15) is 9.59 Å². The third-order valence-electron chi connectivity index (χ3n) is 4.05. The molecule has 7 nitrogen and oxygen atoms in total. The number of para-hydroxylation sites is 2. The molecule has 2 heterocycles. The number of fused-ring (bicyclic) bond motifs is 1. The first-order valence-electron chi connectivity index (χ1n) is 8.20. The quantitative estimate of drug-likeness (QED) is 0.713. The van der Waals surface area contributed by atoms with Crippen molar-refractivity contribution in [3.63, 3.8) is 0 Å². The Hall–Kier alpha value is -2.96. The number of aryl methyl sites for hydroxylation is 2. The Bertz CT molecular complexity index is 899. The summed E-state index contributed by atoms with van der Waals surface area (Å²) in [5, 5.41) is 2.86. The zero-order valence-electron chi connectivity index (χ0n) is 14.3. The number of rotatable bonds is 6. The number of carbonyl (C=O) groups is 1. The van der Waals surface area contributed by atoms with Gasteiger partial charge in [-0.05, 0) is 38.0 Å². The Morgan fingerprint density at radius 2 is 2.00 bits per heavy atom. The van der Waals surface area contributed by atoms with E-state index in [1.165, 1.54) is 0 Å². The van der Waals surface area contributed by atoms with Gasteiger partial charge in [0.05, 0.1) is 0 Å². The second-order valence-corrected chi connectivity index (χ2v) is 5.91. The van der Waals surface area contributed by atoms with Gasteiger partial charge in [0.25, 0.3) is 0 Å². The zero-order chi connectivity index (χ0) is 17.8. The third-order valence-corrected chi connectivity index (χ3v) is 4.05. The molecule has 0 spiro atoms. The standard InChI is InChI=1S/C18H20N4O3/c1-11-13(12(2)21-18(24)20-11)7-8-16(23)19-10-9-17-22-14-5-3-4-6-15(14)25-17/h3-6H,7-10H2,1-2H3,(H,19,23)(H,20,21,24). The Balaban J connectivity index is 1.49. The Morgan fingerprint density at radius 3 is 2.76 bits per heavy atom. The van der Waals surface area contributed by atoms with Gasteiger partial charge in [0.2, 0.25) is 5.91 Å². The number of hydrogen-bond acceptors (Lipinski definition) is 5. The minimum absolute atomic E-state index is 0.0545. The number of hydrogen-bond donors (Lipinski definition) is 2. The van der Waals surface area contributed by atoms with E-state index in [1.54, 1.807) is 6.92 Å². The van der Waals surface area contributed by atoms with Crippen LogP contribution in [0.5, 0.6) is 0 Å². The minimum atomic E-state index is -0.360. The van der Waals surface area contributed by atoms with Crippen LogP contribution in [0, 0.1) is 13.8 Å². The van der Waals surface area contributed by atoms with Crippen molar-refractivity contribution < 1.29 is 9.21 Å². The maximum Gasteiger partial charge on any atom is 0.345 e. The van der Waals surface area contributed by atoms with Crippen LogP contribution in [0.4, 0.5) is 0 Å². The molecule has 0 aliphatic carbocycles. The average molecular weight is 340 g/mol. The van der Waals surface area contributed by atoms with E-state index in [0.717, 1.165) is 22.4 Å². The van der Waals surface area contributed by atoms with Gasteiger partial charge in [0.1, 0.15) is 5.52 Å². The van der Waals surface area contributed by atoms with Crippen LogP contribution in [0.2, 0.25) is 0 Å². The van der Waals surface area contributed by atoms with E-state index < -0.39 is 0 Å². The van der Waals surface area contributed by atoms with Crippen molar-refractivity contribution in [3.05, 3.63) is 57.6 Å². The van der Waals surface area contributed by atoms with Gasteiger partial charge in [-0.15, -0.1) is 0 Å². The topological polar surface area (TPSA) is 101 Å². The van der Waals surface area contributed by atoms with E-state index in [4.69, 9.17) is 4.42 Å². The van der Waals surface area contributed by atoms with Crippen LogP contribution < -0.4 is 11.0 Å². The summed E-state index contributed by atoms with van der Waals surface area (Å²) in [7, 11) is 0. The normalized spacial score (nSPS) is 11.0. The van der Waals surface area contributed by atoms with E-state index in [-0.39, 0.29) is 11.6 Å². The van der Waals surface area contributed by atoms with Crippen molar-refractivity contribution in [2.24, 2.45) is 0 Å². The van der Waals surface area contributed by atoms with Gasteiger partial charge in [-0.1, -0.05) is 12.1 Å². The van der Waals surface area contributed by atoms with Crippen molar-refractivity contribution in [2.45, 2.75) is 33.1 Å². The molecule has 0 radical (unpaired) electrons. The van der Waals surface area contributed by atoms with Gasteiger partial charge in [-0.2, -0.15) is 4.98 Å². The van der Waals surface area contributed by atoms with Crippen LogP contribution in [-0.2, 0) is 17.6 Å². The van der Waals surface area contributed by atoms with Crippen LogP contribution in [0.3, 0.4) is 0 Å². The van der Waals surface area contributed by atoms with Gasteiger partial charge in [0.15, 0.2) is 11.5 Å². The van der Waals surface area contributed by atoms with Crippen molar-refractivity contribution >= 4 is 17.0 Å². The molecule has 0 saturated carbocycles. The molecule has 2 N–H and O–H groups in total. The fourth-order valence-electron chi connectivity index (χ4n) is 2.79. The van der Waals surface area contributed by atoms with E-state index >= 15 is 0 Å². The molecular formula is C18H20N4O3. The molecule has 0 saturated heterocycles. The number of carbonyl (C=O) groups excluding carboxylic acids is 1. The number of nitrogens with one attached hydrogen (secondary N) is 2. The maximum absolute atomic E-state index is 12.0. The molecule has 25 heavy (non-hydrogen) atoms. The molecule has 0 atom stereocenters. The van der Waals surface area contributed by atoms with Crippen LogP contribution in [0.15, 0.2) is 33.5 Å². The van der Waals surface area contributed by atoms with Gasteiger partial charge < -0.3 is 14.7 Å². The highest BCUT2D eigenvalue weighted by Gasteiger charge is 2.10. The van der Waals surface area contributed by atoms with Crippen LogP contribution in [0.1, 0.15) is 29.3 Å². The highest BCUT2D eigenvalue weighted by molar-refractivity contribution is 5.76. The monoisotopic (exact) mass is 340 g/mol. The Morgan fingerprint density at radius 1 is 1.20 bits per heavy atom. The SMILES string of the molecule is Cc1nc(=O)[nH]c(C)c1CCC(=O)NCCc1nc2ccccc2o1. The number of nitrogens with zero attached hydrogens (tertiary/aromatic N) is 2. The lowest BCUT2D eigenvalue weighted by Gasteiger charge is -2.08. The Labute approximate surface area is 144 Å². The molecule has 2 aromatic heterocycles. The number of aromatic amines is 1. The van der Waals surface area contributed by atoms with Crippen LogP contribution >= 0.6 is 0 Å². The summed E-state index contributed by atoms with van der Waals surface area (Å²) in [6.45, 7) is 4.06. The predicted octanol–water partition coefficient (Wildman–Crippen LogP) is 1.82. The number of aromatic nitrogens is 3. The van der Waals surface area contributed by atoms with Gasteiger partial charge in [-0.3, -0.25) is 4.79 Å². The first-order valence-corrected chi connectivity index (χ1v) is 8.20. The highest BCUT2D eigenvalue weighted by atomic mass is 16.3. The number of benzene rings is 1. The lowest BCUT2D eigenvalue weighted by Crippen LogP contribution is -2.26. The summed E-state index contributed by atoms with van der Waals surface area (Å²) in [4.78, 5) is 34.2. The zero-order valence-corrected chi connectivity index (χ0v) is 14.3. The van der Waals surface area contributed by atoms with Crippen molar-refractivity contribution in [1.29, 1.82) is 0 Å². The summed E-state index contributed by atoms with van der Waals surface area (Å²) in [6, 6.07) is 7.57. The lowest BCUT2D eigenvalue weighted by molar-refractivity contribution is -0.121. The number of amides is 1. The van der Waals surface area contributed by atoms with Crippen molar-refractivity contribution in [3.8, 4) is 0 Å². The van der Waals surface area contributed by atoms with Crippen LogP contribution in [-0.4, -0.2) is 27.4 Å². The first-order chi connectivity index (χ1) is 12.0. The number of H-pyrrole nitrogens is 1. The summed E-state index contributed by atoms with van der Waals surface area (Å²) >= 11 is 0. The van der Waals surface area contributed by atoms with Gasteiger partial charge in [-0.25, -0.2) is 9.78 Å². The molecule has 7 heteroatoms. The molecule has 0 bridgehead atoms. The van der Waals surface area contributed by atoms with Crippen LogP contribution in [0.25, 0.3) is 11.1 Å². The fraction of sp³-hybridized carbons (Fsp3) is 0.333. The maximum atomic E-state index is 12.0. The molecule has 1 aromatic carbocycles. The van der Waals surface area contributed by atoms with E-state index in [0.29, 0.717) is 37.4 Å². The van der Waals surface area contributed by atoms with E-state index in [1.807, 2.05) is 31.2 Å². The molecule has 3 aromatic rings. The average Bonchev–Trinajstić information content (AvgIpc) is 2.96. The minimum Gasteiger partial charge on any atom is -0.441 e. The molecule has 3 rings (SSSR count). The summed E-state index contributed by atoms with van der Waals surface area (Å²) in [5.74, 6) is 0.555. The largest absolute Gasteiger partial charge is 0.441 e. The molecule has 0 fully saturated rings. The highest BCUT2D eigenvalue weighted by Crippen LogP contribution is 2.14. The molecule has 0 aliphatic rings. The first kappa shape index (κ1) is 16.9. The second-order valence-electron chi connectivity index (χ2n) is 5.91. The van der Waals surface area contributed by atoms with Gasteiger partial charge in [0, 0.05) is 30.8 Å². The third kappa shape index (κ3) is 4.12. The van der Waals surface area contributed by atoms with Crippen molar-refractivity contribution in [2.75, 3.05) is 6.54 Å². The lowest BCUT2D eigenvalue weighted by atomic mass is 10.1. The fourth-order valence-corrected chi connectivity index (χ4v) is 2.79. The molecular weight excluding hydrogens is 320 g/mol. The molecule has 0 unspecified atom stereocenters. The molecule has 1 amide bonds. The van der Waals surface area contributed by atoms with Gasteiger partial charge >= 0.3 is 5.69 Å². The Kier molecular flexibility index (Phi) is 4.92. The molecule has 0 aliphatic heterocycles. The number of oxazole rings is 1. The summed E-state index contributed by atoms with van der Waals surface area (Å²) in [5.41, 5.74) is 3.55. The predicted molar refractivity (Wildman–Crippen MR) is 93.4 cm³/mol. The summed E-state index contributed by atoms with van der Waals surface area (Å²) in [6.07, 6.45) is 1.41. The molecule has 130 valence electrons. The smallest absolute Gasteiger partial charge is 0.345 e. The van der Waals surface area contributed by atoms with Crippen molar-refractivity contribution in [1.82, 2.24) is 20.3 Å². The second kappa shape index (κ2) is 7.29.